The van der Waals surface area contributed by atoms with Crippen LogP contribution in [-0.4, -0.2) is 68.3 Å². The number of ether oxygens (including phenoxy) is 2. The molecule has 318 valence electrons. The molecule has 1 N–H and O–H groups in total. The summed E-state index contributed by atoms with van der Waals surface area (Å²) in [7, 11) is -0.742. The standard InChI is InChI=1S/C45H80NO8P/c1-5-7-9-11-13-15-17-19-21-22-24-25-27-29-31-33-35-37-44(47)51-41-43(42-53-55(49,50)52-40-39-46(3)4)54-45(48)38-36-34-32-30-28-26-23-20-18-16-14-12-10-8-6-2/h13,15-16,18-19,21,24-25,29,31,43H,5-12,14,17,20,22-23,26-28,30,32-42H2,1-4H3,(H,49,50)/b15-13-,18-16-,21-19-,25-24-,31-29-. The first-order valence-corrected chi connectivity index (χ1v) is 23.1. The van der Waals surface area contributed by atoms with Gasteiger partial charge in [-0.25, -0.2) is 4.57 Å². The highest BCUT2D eigenvalue weighted by atomic mass is 31.2. The normalized spacial score (nSPS) is 14.0. The smallest absolute Gasteiger partial charge is 0.462 e. The Morgan fingerprint density at radius 1 is 0.564 bits per heavy atom. The molecule has 0 radical (unpaired) electrons. The zero-order valence-electron chi connectivity index (χ0n) is 35.3. The molecular formula is C45H80NO8P. The number of phosphoric ester groups is 1. The van der Waals surface area contributed by atoms with Crippen molar-refractivity contribution >= 4 is 19.8 Å². The first kappa shape index (κ1) is 52.7. The number of carbonyl (C=O) groups excluding carboxylic acids is 2. The predicted molar refractivity (Wildman–Crippen MR) is 229 cm³/mol. The zero-order chi connectivity index (χ0) is 40.5. The van der Waals surface area contributed by atoms with Crippen molar-refractivity contribution in [3.63, 3.8) is 0 Å². The second-order valence-electron chi connectivity index (χ2n) is 14.5. The third kappa shape index (κ3) is 41.2. The molecule has 0 rings (SSSR count). The van der Waals surface area contributed by atoms with E-state index in [2.05, 4.69) is 74.6 Å². The number of rotatable bonds is 39. The molecule has 0 aromatic carbocycles. The number of hydrogen-bond acceptors (Lipinski definition) is 8. The third-order valence-corrected chi connectivity index (χ3v) is 9.78. The highest BCUT2D eigenvalue weighted by Crippen LogP contribution is 2.43. The fourth-order valence-corrected chi connectivity index (χ4v) is 6.18. The molecule has 0 aromatic heterocycles. The fourth-order valence-electron chi connectivity index (χ4n) is 5.44. The molecule has 0 heterocycles. The molecule has 9 nitrogen and oxygen atoms in total. The topological polar surface area (TPSA) is 112 Å². The Labute approximate surface area is 336 Å². The van der Waals surface area contributed by atoms with Crippen molar-refractivity contribution in [2.45, 2.75) is 174 Å². The number of esters is 2. The number of likely N-dealkylation sites (N-methyl/N-ethyl adjacent to an activating group) is 1. The van der Waals surface area contributed by atoms with Crippen molar-refractivity contribution < 1.29 is 37.6 Å². The van der Waals surface area contributed by atoms with Gasteiger partial charge in [-0.1, -0.05) is 139 Å². The molecule has 2 unspecified atom stereocenters. The second-order valence-corrected chi connectivity index (χ2v) is 16.0. The number of hydrogen-bond donors (Lipinski definition) is 1. The minimum Gasteiger partial charge on any atom is -0.462 e. The lowest BCUT2D eigenvalue weighted by Gasteiger charge is -2.20. The summed E-state index contributed by atoms with van der Waals surface area (Å²) >= 11 is 0. The molecular weight excluding hydrogens is 713 g/mol. The Kier molecular flexibility index (Phi) is 38.3. The van der Waals surface area contributed by atoms with E-state index in [4.69, 9.17) is 18.5 Å². The van der Waals surface area contributed by atoms with Gasteiger partial charge in [0.15, 0.2) is 6.10 Å². The van der Waals surface area contributed by atoms with Crippen LogP contribution < -0.4 is 0 Å². The molecule has 0 aliphatic heterocycles. The Hall–Kier alpha value is -2.29. The summed E-state index contributed by atoms with van der Waals surface area (Å²) in [5.41, 5.74) is 0. The summed E-state index contributed by atoms with van der Waals surface area (Å²) in [5.74, 6) is -0.877. The van der Waals surface area contributed by atoms with E-state index >= 15 is 0 Å². The van der Waals surface area contributed by atoms with E-state index in [-0.39, 0.29) is 26.1 Å². The predicted octanol–water partition coefficient (Wildman–Crippen LogP) is 12.3. The molecule has 0 aliphatic carbocycles. The van der Waals surface area contributed by atoms with Gasteiger partial charge in [0.1, 0.15) is 6.61 Å². The maximum Gasteiger partial charge on any atom is 0.472 e. The minimum absolute atomic E-state index is 0.00407. The lowest BCUT2D eigenvalue weighted by atomic mass is 10.1. The number of allylic oxidation sites excluding steroid dienone is 10. The summed E-state index contributed by atoms with van der Waals surface area (Å²) in [6.45, 7) is 4.20. The van der Waals surface area contributed by atoms with Crippen molar-refractivity contribution in [1.82, 2.24) is 4.90 Å². The maximum atomic E-state index is 12.6. The van der Waals surface area contributed by atoms with Crippen LogP contribution in [0.4, 0.5) is 0 Å². The second kappa shape index (κ2) is 39.9. The van der Waals surface area contributed by atoms with E-state index < -0.39 is 32.5 Å². The Morgan fingerprint density at radius 3 is 1.56 bits per heavy atom. The number of phosphoric acid groups is 1. The fraction of sp³-hybridized carbons (Fsp3) is 0.733. The van der Waals surface area contributed by atoms with Gasteiger partial charge < -0.3 is 19.3 Å². The first-order chi connectivity index (χ1) is 26.7. The van der Waals surface area contributed by atoms with Gasteiger partial charge in [-0.15, -0.1) is 0 Å². The van der Waals surface area contributed by atoms with Gasteiger partial charge in [-0.05, 0) is 91.1 Å². The summed E-state index contributed by atoms with van der Waals surface area (Å²) in [6, 6.07) is 0. The third-order valence-electron chi connectivity index (χ3n) is 8.80. The van der Waals surface area contributed by atoms with Crippen LogP contribution in [0.2, 0.25) is 0 Å². The van der Waals surface area contributed by atoms with Gasteiger partial charge in [0, 0.05) is 19.4 Å². The molecule has 0 fully saturated rings. The summed E-state index contributed by atoms with van der Waals surface area (Å²) in [5, 5.41) is 0. The van der Waals surface area contributed by atoms with Crippen molar-refractivity contribution in [3.05, 3.63) is 60.8 Å². The van der Waals surface area contributed by atoms with E-state index in [0.29, 0.717) is 19.4 Å². The number of nitrogens with zero attached hydrogens (tertiary/aromatic N) is 1. The lowest BCUT2D eigenvalue weighted by Crippen LogP contribution is -2.29. The van der Waals surface area contributed by atoms with Crippen LogP contribution in [0.3, 0.4) is 0 Å². The van der Waals surface area contributed by atoms with Crippen LogP contribution in [0.25, 0.3) is 0 Å². The largest absolute Gasteiger partial charge is 0.472 e. The van der Waals surface area contributed by atoms with Crippen molar-refractivity contribution in [2.24, 2.45) is 0 Å². The van der Waals surface area contributed by atoms with Crippen molar-refractivity contribution in [2.75, 3.05) is 40.5 Å². The molecule has 55 heavy (non-hydrogen) atoms. The molecule has 0 spiro atoms. The summed E-state index contributed by atoms with van der Waals surface area (Å²) in [4.78, 5) is 37.0. The molecule has 0 amide bonds. The van der Waals surface area contributed by atoms with Crippen LogP contribution in [0.15, 0.2) is 60.8 Å². The van der Waals surface area contributed by atoms with E-state index in [1.807, 2.05) is 19.0 Å². The lowest BCUT2D eigenvalue weighted by molar-refractivity contribution is -0.161. The van der Waals surface area contributed by atoms with Gasteiger partial charge in [-0.3, -0.25) is 18.6 Å². The maximum absolute atomic E-state index is 12.6. The highest BCUT2D eigenvalue weighted by Gasteiger charge is 2.26. The summed E-state index contributed by atoms with van der Waals surface area (Å²) < 4.78 is 33.4. The average Bonchev–Trinajstić information content (AvgIpc) is 3.15. The van der Waals surface area contributed by atoms with Crippen LogP contribution in [0.1, 0.15) is 168 Å². The van der Waals surface area contributed by atoms with Gasteiger partial charge in [0.25, 0.3) is 0 Å². The van der Waals surface area contributed by atoms with Crippen LogP contribution in [0, 0.1) is 0 Å². The SMILES string of the molecule is CCCCC/C=C\C/C=C\C/C=C\C/C=C\CCCC(=O)OCC(COP(=O)(O)OCCN(C)C)OC(=O)CCCCCCCCC/C=C\CCCCCC. The number of unbranched alkanes of at least 4 members (excludes halogenated alkanes) is 15. The van der Waals surface area contributed by atoms with Gasteiger partial charge >= 0.3 is 19.8 Å². The van der Waals surface area contributed by atoms with Gasteiger partial charge in [-0.2, -0.15) is 0 Å². The average molecular weight is 794 g/mol. The van der Waals surface area contributed by atoms with E-state index in [0.717, 1.165) is 51.4 Å². The molecule has 0 saturated carbocycles. The molecule has 0 aromatic rings. The van der Waals surface area contributed by atoms with Crippen molar-refractivity contribution in [1.29, 1.82) is 0 Å². The molecule has 0 aliphatic rings. The molecule has 0 saturated heterocycles. The first-order valence-electron chi connectivity index (χ1n) is 21.6. The van der Waals surface area contributed by atoms with Crippen LogP contribution in [-0.2, 0) is 32.7 Å². The Balaban J connectivity index is 4.41. The zero-order valence-corrected chi connectivity index (χ0v) is 36.2. The van der Waals surface area contributed by atoms with Gasteiger partial charge in [0.05, 0.1) is 13.2 Å². The number of carbonyl (C=O) groups is 2. The van der Waals surface area contributed by atoms with Gasteiger partial charge in [0.2, 0.25) is 0 Å². The van der Waals surface area contributed by atoms with E-state index in [1.165, 1.54) is 77.0 Å². The monoisotopic (exact) mass is 794 g/mol. The molecule has 0 bridgehead atoms. The summed E-state index contributed by atoms with van der Waals surface area (Å²) in [6.07, 6.45) is 45.5. The Morgan fingerprint density at radius 2 is 1.00 bits per heavy atom. The quantitative estimate of drug-likeness (QED) is 0.0281. The van der Waals surface area contributed by atoms with E-state index in [1.54, 1.807) is 0 Å². The van der Waals surface area contributed by atoms with Crippen LogP contribution in [0.5, 0.6) is 0 Å². The molecule has 2 atom stereocenters. The van der Waals surface area contributed by atoms with Crippen LogP contribution >= 0.6 is 7.82 Å². The van der Waals surface area contributed by atoms with Crippen molar-refractivity contribution in [3.8, 4) is 0 Å². The van der Waals surface area contributed by atoms with E-state index in [9.17, 15) is 19.0 Å². The highest BCUT2D eigenvalue weighted by molar-refractivity contribution is 7.47. The Bertz CT molecular complexity index is 1100. The minimum atomic E-state index is -4.38. The molecule has 10 heteroatoms.